The molecule has 3 heteroatoms. The fourth-order valence-corrected chi connectivity index (χ4v) is 3.74. The first-order valence-electron chi connectivity index (χ1n) is 8.82. The molecule has 0 amide bonds. The van der Waals surface area contributed by atoms with Crippen LogP contribution in [0.25, 0.3) is 32.3 Å². The van der Waals surface area contributed by atoms with Gasteiger partial charge in [-0.15, -0.1) is 0 Å². The lowest BCUT2D eigenvalue weighted by atomic mass is 9.94. The molecule has 0 saturated carbocycles. The van der Waals surface area contributed by atoms with Crippen molar-refractivity contribution in [3.63, 3.8) is 0 Å². The second kappa shape index (κ2) is 5.99. The molecule has 0 aliphatic heterocycles. The summed E-state index contributed by atoms with van der Waals surface area (Å²) in [5.74, 6) is -0.0858. The zero-order valence-corrected chi connectivity index (χ0v) is 14.5. The van der Waals surface area contributed by atoms with Gasteiger partial charge in [-0.3, -0.25) is 0 Å². The largest absolute Gasteiger partial charge is 0.488 e. The number of carbonyl (C=O) groups is 1. The summed E-state index contributed by atoms with van der Waals surface area (Å²) >= 11 is 0. The first-order chi connectivity index (χ1) is 13.2. The highest BCUT2D eigenvalue weighted by Crippen LogP contribution is 2.38. The summed E-state index contributed by atoms with van der Waals surface area (Å²) in [4.78, 5) is 11.0. The zero-order chi connectivity index (χ0) is 18.4. The Kier molecular flexibility index (Phi) is 3.47. The number of ether oxygens (including phenoxy) is 1. The predicted molar refractivity (Wildman–Crippen MR) is 108 cm³/mol. The highest BCUT2D eigenvalue weighted by atomic mass is 16.5. The fraction of sp³-hybridized carbons (Fsp3) is 0.0417. The molecule has 1 N–H and O–H groups in total. The maximum Gasteiger partial charge on any atom is 0.335 e. The van der Waals surface area contributed by atoms with E-state index in [-0.39, 0.29) is 5.56 Å². The van der Waals surface area contributed by atoms with Crippen LogP contribution < -0.4 is 4.74 Å². The molecule has 3 nitrogen and oxygen atoms in total. The zero-order valence-electron chi connectivity index (χ0n) is 14.5. The van der Waals surface area contributed by atoms with E-state index in [2.05, 4.69) is 48.5 Å². The Morgan fingerprint density at radius 1 is 0.741 bits per heavy atom. The van der Waals surface area contributed by atoms with Gasteiger partial charge in [-0.2, -0.15) is 0 Å². The molecule has 5 aromatic rings. The predicted octanol–water partition coefficient (Wildman–Crippen LogP) is 5.86. The molecular weight excluding hydrogens is 336 g/mol. The topological polar surface area (TPSA) is 46.5 Å². The number of benzene rings is 5. The molecule has 130 valence electrons. The lowest BCUT2D eigenvalue weighted by Gasteiger charge is -2.14. The molecule has 0 saturated heterocycles. The molecule has 5 rings (SSSR count). The first-order valence-corrected chi connectivity index (χ1v) is 8.82. The van der Waals surface area contributed by atoms with Gasteiger partial charge in [-0.25, -0.2) is 4.79 Å². The van der Waals surface area contributed by atoms with Crippen LogP contribution in [0.2, 0.25) is 0 Å². The maximum atomic E-state index is 11.0. The summed E-state index contributed by atoms with van der Waals surface area (Å²) < 4.78 is 6.10. The SMILES string of the molecule is O=C(O)c1ccc(COc2ccc3ccc4cccc5ccc2c3c45)cc1. The highest BCUT2D eigenvalue weighted by molar-refractivity contribution is 6.24. The molecule has 0 unspecified atom stereocenters. The van der Waals surface area contributed by atoms with Gasteiger partial charge in [0.25, 0.3) is 0 Å². The van der Waals surface area contributed by atoms with Gasteiger partial charge in [0.1, 0.15) is 12.4 Å². The summed E-state index contributed by atoms with van der Waals surface area (Å²) in [6.07, 6.45) is 0. The minimum Gasteiger partial charge on any atom is -0.488 e. The van der Waals surface area contributed by atoms with E-state index in [0.29, 0.717) is 6.61 Å². The van der Waals surface area contributed by atoms with Crippen molar-refractivity contribution in [2.24, 2.45) is 0 Å². The van der Waals surface area contributed by atoms with E-state index >= 15 is 0 Å². The van der Waals surface area contributed by atoms with Crippen molar-refractivity contribution in [2.45, 2.75) is 6.61 Å². The van der Waals surface area contributed by atoms with Crippen LogP contribution in [0.4, 0.5) is 0 Å². The summed E-state index contributed by atoms with van der Waals surface area (Å²) in [5, 5.41) is 16.3. The van der Waals surface area contributed by atoms with Gasteiger partial charge in [0.15, 0.2) is 0 Å². The van der Waals surface area contributed by atoms with Crippen molar-refractivity contribution in [3.8, 4) is 5.75 Å². The van der Waals surface area contributed by atoms with E-state index in [1.807, 2.05) is 6.07 Å². The first kappa shape index (κ1) is 15.6. The molecule has 5 aromatic carbocycles. The lowest BCUT2D eigenvalue weighted by molar-refractivity contribution is 0.0697. The average Bonchev–Trinajstić information content (AvgIpc) is 2.71. The Hall–Kier alpha value is -3.59. The normalized spacial score (nSPS) is 11.4. The van der Waals surface area contributed by atoms with Crippen LogP contribution in [-0.2, 0) is 6.61 Å². The summed E-state index contributed by atoms with van der Waals surface area (Å²) in [6.45, 7) is 0.393. The minimum absolute atomic E-state index is 0.279. The van der Waals surface area contributed by atoms with Gasteiger partial charge < -0.3 is 9.84 Å². The molecule has 0 bridgehead atoms. The van der Waals surface area contributed by atoms with Crippen molar-refractivity contribution in [1.29, 1.82) is 0 Å². The van der Waals surface area contributed by atoms with E-state index in [1.54, 1.807) is 24.3 Å². The third-order valence-electron chi connectivity index (χ3n) is 5.08. The van der Waals surface area contributed by atoms with Crippen LogP contribution in [0.3, 0.4) is 0 Å². The molecule has 0 atom stereocenters. The number of carboxylic acid groups (broad SMARTS) is 1. The Labute approximate surface area is 155 Å². The van der Waals surface area contributed by atoms with E-state index in [9.17, 15) is 4.79 Å². The fourth-order valence-electron chi connectivity index (χ4n) is 3.74. The third-order valence-corrected chi connectivity index (χ3v) is 5.08. The van der Waals surface area contributed by atoms with Crippen molar-refractivity contribution in [3.05, 3.63) is 90.0 Å². The summed E-state index contributed by atoms with van der Waals surface area (Å²) in [6, 6.07) is 25.8. The third kappa shape index (κ3) is 2.56. The Morgan fingerprint density at radius 2 is 1.37 bits per heavy atom. The van der Waals surface area contributed by atoms with E-state index < -0.39 is 5.97 Å². The van der Waals surface area contributed by atoms with Crippen LogP contribution in [-0.4, -0.2) is 11.1 Å². The Balaban J connectivity index is 1.56. The number of hydrogen-bond donors (Lipinski definition) is 1. The van der Waals surface area contributed by atoms with E-state index in [1.165, 1.54) is 26.9 Å². The van der Waals surface area contributed by atoms with E-state index in [4.69, 9.17) is 9.84 Å². The molecule has 0 aliphatic carbocycles. The number of hydrogen-bond acceptors (Lipinski definition) is 2. The van der Waals surface area contributed by atoms with Gasteiger partial charge in [-0.05, 0) is 51.4 Å². The molecule has 0 aliphatic rings. The molecule has 0 fully saturated rings. The number of carboxylic acids is 1. The van der Waals surface area contributed by atoms with Crippen molar-refractivity contribution in [1.82, 2.24) is 0 Å². The van der Waals surface area contributed by atoms with Crippen LogP contribution >= 0.6 is 0 Å². The molecular formula is C24H16O3. The Morgan fingerprint density at radius 3 is 2.07 bits per heavy atom. The lowest BCUT2D eigenvalue weighted by Crippen LogP contribution is -1.99. The van der Waals surface area contributed by atoms with Crippen molar-refractivity contribution < 1.29 is 14.6 Å². The maximum absolute atomic E-state index is 11.0. The van der Waals surface area contributed by atoms with Crippen LogP contribution in [0.15, 0.2) is 78.9 Å². The molecule has 0 radical (unpaired) electrons. The van der Waals surface area contributed by atoms with Gasteiger partial charge in [-0.1, -0.05) is 54.6 Å². The van der Waals surface area contributed by atoms with Gasteiger partial charge in [0, 0.05) is 10.8 Å². The van der Waals surface area contributed by atoms with Crippen molar-refractivity contribution >= 4 is 38.3 Å². The van der Waals surface area contributed by atoms with Crippen molar-refractivity contribution in [2.75, 3.05) is 0 Å². The summed E-state index contributed by atoms with van der Waals surface area (Å²) in [5.41, 5.74) is 1.21. The van der Waals surface area contributed by atoms with Gasteiger partial charge in [0.2, 0.25) is 0 Å². The molecule has 0 heterocycles. The standard InChI is InChI=1S/C24H16O3/c25-24(26)19-6-4-15(5-7-19)14-27-21-13-11-18-9-8-16-2-1-3-17-10-12-20(21)23(18)22(16)17/h1-13H,14H2,(H,25,26). The van der Waals surface area contributed by atoms with Crippen LogP contribution in [0.1, 0.15) is 15.9 Å². The van der Waals surface area contributed by atoms with Gasteiger partial charge in [0.05, 0.1) is 5.56 Å². The number of aromatic carboxylic acids is 1. The average molecular weight is 352 g/mol. The van der Waals surface area contributed by atoms with Crippen LogP contribution in [0, 0.1) is 0 Å². The quantitative estimate of drug-likeness (QED) is 0.412. The second-order valence-corrected chi connectivity index (χ2v) is 6.71. The smallest absolute Gasteiger partial charge is 0.335 e. The molecule has 27 heavy (non-hydrogen) atoms. The van der Waals surface area contributed by atoms with E-state index in [0.717, 1.165) is 16.7 Å². The molecule has 0 aromatic heterocycles. The monoisotopic (exact) mass is 352 g/mol. The van der Waals surface area contributed by atoms with Crippen LogP contribution in [0.5, 0.6) is 5.75 Å². The van der Waals surface area contributed by atoms with Gasteiger partial charge >= 0.3 is 5.97 Å². The summed E-state index contributed by atoms with van der Waals surface area (Å²) in [7, 11) is 0. The minimum atomic E-state index is -0.922. The second-order valence-electron chi connectivity index (χ2n) is 6.71. The number of rotatable bonds is 4. The highest BCUT2D eigenvalue weighted by Gasteiger charge is 2.11. The molecule has 0 spiro atoms. The Bertz CT molecular complexity index is 1270.